The van der Waals surface area contributed by atoms with E-state index in [0.29, 0.717) is 0 Å². The number of hydrogen-bond acceptors (Lipinski definition) is 2. The second-order valence-electron chi connectivity index (χ2n) is 13.4. The van der Waals surface area contributed by atoms with E-state index in [0.717, 1.165) is 23.2 Å². The summed E-state index contributed by atoms with van der Waals surface area (Å²) in [5.41, 5.74) is 16.0. The molecule has 0 saturated carbocycles. The summed E-state index contributed by atoms with van der Waals surface area (Å²) in [6.45, 7) is 4.00. The quantitative estimate of drug-likeness (QED) is 0.153. The second kappa shape index (κ2) is 13.8. The lowest BCUT2D eigenvalue weighted by molar-refractivity contribution is 0.812. The van der Waals surface area contributed by atoms with Gasteiger partial charge in [0, 0.05) is 26.7 Å². The third-order valence-corrected chi connectivity index (χ3v) is 11.9. The minimum atomic E-state index is -0.356. The largest absolute Gasteiger partial charge is 0.256 e. The van der Waals surface area contributed by atoms with E-state index < -0.39 is 0 Å². The molecule has 0 saturated heterocycles. The van der Waals surface area contributed by atoms with E-state index in [1.54, 1.807) is 0 Å². The van der Waals surface area contributed by atoms with Gasteiger partial charge in [-0.15, -0.1) is 11.3 Å². The van der Waals surface area contributed by atoms with Gasteiger partial charge < -0.3 is 0 Å². The zero-order valence-electron chi connectivity index (χ0n) is 30.0. The molecule has 2 aliphatic carbocycles. The van der Waals surface area contributed by atoms with Crippen LogP contribution in [-0.2, 0) is 11.8 Å². The molecule has 0 radical (unpaired) electrons. The first kappa shape index (κ1) is 32.8. The third-order valence-electron chi connectivity index (χ3n) is 10.6. The van der Waals surface area contributed by atoms with Crippen LogP contribution >= 0.6 is 11.3 Å². The van der Waals surface area contributed by atoms with Gasteiger partial charge in [0.2, 0.25) is 0 Å². The van der Waals surface area contributed by atoms with Gasteiger partial charge in [0.05, 0.1) is 11.1 Å². The van der Waals surface area contributed by atoms with Gasteiger partial charge in [-0.3, -0.25) is 4.99 Å². The molecule has 10 rings (SSSR count). The van der Waals surface area contributed by atoms with Gasteiger partial charge in [0.15, 0.2) is 0 Å². The van der Waals surface area contributed by atoms with Crippen LogP contribution in [0.4, 0.5) is 0 Å². The molecular formula is C51H39NS. The number of rotatable bonds is 6. The van der Waals surface area contributed by atoms with Crippen LogP contribution in [0.2, 0.25) is 0 Å². The predicted molar refractivity (Wildman–Crippen MR) is 227 cm³/mol. The molecule has 0 aliphatic heterocycles. The Morgan fingerprint density at radius 2 is 1.21 bits per heavy atom. The summed E-state index contributed by atoms with van der Waals surface area (Å²) in [7, 11) is 0. The number of benzene rings is 7. The Balaban J connectivity index is 0.00000183. The van der Waals surface area contributed by atoms with Crippen molar-refractivity contribution >= 4 is 33.3 Å². The van der Waals surface area contributed by atoms with Crippen molar-refractivity contribution in [2.75, 3.05) is 0 Å². The van der Waals surface area contributed by atoms with Crippen molar-refractivity contribution < 1.29 is 0 Å². The zero-order chi connectivity index (χ0) is 35.8. The molecule has 7 aromatic carbocycles. The standard InChI is InChI=1S/C49H33NS.C2H6/c1-3-14-33(15-4-1)26-29-45(35-17-5-2-6-18-35)50-32-34-16-13-19-36(30-34)37-27-28-40-44(31-37)49(48-47(40)41-22-9-12-25-46(41)51-48)42-23-10-7-20-38(42)39-21-8-11-24-43(39)49;1-2/h1-25,27-32H,26H2;1-2H3/b45-29-,50-32?;. The molecule has 0 atom stereocenters. The molecule has 0 bridgehead atoms. The van der Waals surface area contributed by atoms with E-state index in [1.807, 2.05) is 31.4 Å². The maximum Gasteiger partial charge on any atom is 0.0819 e. The number of allylic oxidation sites excluding steroid dienone is 1. The van der Waals surface area contributed by atoms with E-state index in [9.17, 15) is 0 Å². The summed E-state index contributed by atoms with van der Waals surface area (Å²) in [5, 5.41) is 1.35. The van der Waals surface area contributed by atoms with E-state index in [1.165, 1.54) is 70.6 Å². The van der Waals surface area contributed by atoms with Crippen LogP contribution in [0.15, 0.2) is 187 Å². The topological polar surface area (TPSA) is 12.4 Å². The Bertz CT molecular complexity index is 2610. The maximum atomic E-state index is 5.07. The molecule has 1 spiro atoms. The van der Waals surface area contributed by atoms with Gasteiger partial charge in [-0.25, -0.2) is 0 Å². The van der Waals surface area contributed by atoms with Crippen LogP contribution in [0.5, 0.6) is 0 Å². The molecule has 2 aliphatic rings. The number of fused-ring (bicyclic) bond motifs is 12. The molecule has 1 heterocycles. The summed E-state index contributed by atoms with van der Waals surface area (Å²) in [6.07, 6.45) is 5.06. The number of aliphatic imine (C=N–C) groups is 1. The monoisotopic (exact) mass is 697 g/mol. The van der Waals surface area contributed by atoms with Crippen LogP contribution in [0.1, 0.15) is 52.1 Å². The summed E-state index contributed by atoms with van der Waals surface area (Å²) < 4.78 is 1.35. The Kier molecular flexibility index (Phi) is 8.54. The molecule has 1 aromatic heterocycles. The van der Waals surface area contributed by atoms with Crippen molar-refractivity contribution in [3.05, 3.63) is 220 Å². The van der Waals surface area contributed by atoms with Gasteiger partial charge in [0.1, 0.15) is 0 Å². The summed E-state index contributed by atoms with van der Waals surface area (Å²) in [6, 6.07) is 64.0. The van der Waals surface area contributed by atoms with E-state index in [-0.39, 0.29) is 5.41 Å². The molecule has 8 aromatic rings. The highest BCUT2D eigenvalue weighted by molar-refractivity contribution is 7.20. The van der Waals surface area contributed by atoms with Crippen molar-refractivity contribution in [2.45, 2.75) is 25.7 Å². The minimum Gasteiger partial charge on any atom is -0.256 e. The smallest absolute Gasteiger partial charge is 0.0819 e. The van der Waals surface area contributed by atoms with Crippen molar-refractivity contribution in [3.63, 3.8) is 0 Å². The van der Waals surface area contributed by atoms with Gasteiger partial charge in [-0.2, -0.15) is 0 Å². The van der Waals surface area contributed by atoms with Gasteiger partial charge in [0.25, 0.3) is 0 Å². The second-order valence-corrected chi connectivity index (χ2v) is 14.5. The van der Waals surface area contributed by atoms with Crippen LogP contribution in [0, 0.1) is 0 Å². The molecule has 1 nitrogen and oxygen atoms in total. The lowest BCUT2D eigenvalue weighted by Gasteiger charge is -2.29. The maximum absolute atomic E-state index is 5.07. The summed E-state index contributed by atoms with van der Waals surface area (Å²) in [5.74, 6) is 0. The lowest BCUT2D eigenvalue weighted by Crippen LogP contribution is -2.24. The minimum absolute atomic E-state index is 0.356. The molecule has 0 amide bonds. The van der Waals surface area contributed by atoms with Crippen LogP contribution in [-0.4, -0.2) is 6.21 Å². The Morgan fingerprint density at radius 1 is 0.566 bits per heavy atom. The fraction of sp³-hybridized carbons (Fsp3) is 0.0784. The summed E-state index contributed by atoms with van der Waals surface area (Å²) in [4.78, 5) is 6.50. The highest BCUT2D eigenvalue weighted by Crippen LogP contribution is 2.66. The first-order valence-corrected chi connectivity index (χ1v) is 19.4. The summed E-state index contributed by atoms with van der Waals surface area (Å²) >= 11 is 1.96. The first-order valence-electron chi connectivity index (χ1n) is 18.6. The third kappa shape index (κ3) is 5.41. The first-order chi connectivity index (χ1) is 26.3. The molecular weight excluding hydrogens is 659 g/mol. The Labute approximate surface area is 316 Å². The number of nitrogens with zero attached hydrogens (tertiary/aromatic N) is 1. The van der Waals surface area contributed by atoms with Crippen LogP contribution in [0.25, 0.3) is 49.2 Å². The zero-order valence-corrected chi connectivity index (χ0v) is 30.8. The van der Waals surface area contributed by atoms with E-state index in [2.05, 4.69) is 182 Å². The van der Waals surface area contributed by atoms with E-state index in [4.69, 9.17) is 4.99 Å². The average Bonchev–Trinajstić information content (AvgIpc) is 3.86. The number of thiophene rings is 1. The average molecular weight is 698 g/mol. The van der Waals surface area contributed by atoms with Crippen molar-refractivity contribution in [1.82, 2.24) is 0 Å². The highest BCUT2D eigenvalue weighted by Gasteiger charge is 2.53. The Hall–Kier alpha value is -6.09. The fourth-order valence-corrected chi connectivity index (χ4v) is 9.80. The molecule has 2 heteroatoms. The molecule has 254 valence electrons. The predicted octanol–water partition coefficient (Wildman–Crippen LogP) is 13.6. The highest BCUT2D eigenvalue weighted by atomic mass is 32.1. The van der Waals surface area contributed by atoms with Gasteiger partial charge in [-0.1, -0.05) is 178 Å². The SMILES string of the molecule is C(=N/C(=C\Cc1ccccc1)c1ccccc1)c1cccc(-c2ccc3c(c2)C2(c4ccccc4-c4ccccc42)c2sc4ccccc4c2-3)c1.CC. The molecule has 0 unspecified atom stereocenters. The normalized spacial score (nSPS) is 13.4. The van der Waals surface area contributed by atoms with Crippen molar-refractivity contribution in [1.29, 1.82) is 0 Å². The fourth-order valence-electron chi connectivity index (χ4n) is 8.35. The van der Waals surface area contributed by atoms with Crippen LogP contribution < -0.4 is 0 Å². The lowest BCUT2D eigenvalue weighted by atomic mass is 9.73. The van der Waals surface area contributed by atoms with Gasteiger partial charge >= 0.3 is 0 Å². The van der Waals surface area contributed by atoms with Crippen molar-refractivity contribution in [2.24, 2.45) is 4.99 Å². The van der Waals surface area contributed by atoms with Crippen LogP contribution in [0.3, 0.4) is 0 Å². The number of hydrogen-bond donors (Lipinski definition) is 0. The molecule has 0 fully saturated rings. The Morgan fingerprint density at radius 3 is 1.96 bits per heavy atom. The molecule has 53 heavy (non-hydrogen) atoms. The van der Waals surface area contributed by atoms with E-state index >= 15 is 0 Å². The van der Waals surface area contributed by atoms with Gasteiger partial charge in [-0.05, 0) is 85.8 Å². The molecule has 0 N–H and O–H groups in total. The van der Waals surface area contributed by atoms with Crippen molar-refractivity contribution in [3.8, 4) is 33.4 Å².